The van der Waals surface area contributed by atoms with Crippen LogP contribution in [-0.4, -0.2) is 180 Å². The lowest BCUT2D eigenvalue weighted by Gasteiger charge is -2.24. The van der Waals surface area contributed by atoms with Crippen molar-refractivity contribution in [2.45, 2.75) is 200 Å². The standard InChI is InChI=1S/C54H98N4O14/c1-7-11-15-19-23-27-32-66-48(59)39-56(40-49(60)67-33-28-24-20-16-12-8-2)43-52(63)71-45-46-37-47(38-58(46)54(65)70-36-31-55(5)6)72-53(64)44-57(41-50(61)68-34-29-25-21-17-13-9-3)42-51(62)69-35-30-26-22-18-14-10-4/h46-47H,7-45H2,1-6H3/t46-,47+/m1/s1. The summed E-state index contributed by atoms with van der Waals surface area (Å²) in [7, 11) is 3.67. The first-order chi connectivity index (χ1) is 34.8. The van der Waals surface area contributed by atoms with Crippen LogP contribution in [0.1, 0.15) is 188 Å². The Morgan fingerprint density at radius 3 is 1.07 bits per heavy atom. The number of carbonyl (C=O) groups excluding carboxylic acids is 7. The Labute approximate surface area is 433 Å². The van der Waals surface area contributed by atoms with Gasteiger partial charge in [0.15, 0.2) is 0 Å². The lowest BCUT2D eigenvalue weighted by Crippen LogP contribution is -2.42. The molecule has 1 rings (SSSR count). The van der Waals surface area contributed by atoms with Gasteiger partial charge in [-0.3, -0.25) is 43.5 Å². The van der Waals surface area contributed by atoms with Gasteiger partial charge in [0.25, 0.3) is 0 Å². The molecule has 0 aromatic carbocycles. The molecule has 18 heteroatoms. The molecule has 418 valence electrons. The van der Waals surface area contributed by atoms with Gasteiger partial charge >= 0.3 is 41.9 Å². The van der Waals surface area contributed by atoms with Crippen LogP contribution in [0.25, 0.3) is 0 Å². The topological polar surface area (TPSA) is 197 Å². The molecule has 18 nitrogen and oxygen atoms in total. The van der Waals surface area contributed by atoms with Crippen molar-refractivity contribution in [1.82, 2.24) is 19.6 Å². The van der Waals surface area contributed by atoms with Gasteiger partial charge < -0.3 is 38.1 Å². The summed E-state index contributed by atoms with van der Waals surface area (Å²) >= 11 is 0. The Kier molecular flexibility index (Phi) is 40.7. The van der Waals surface area contributed by atoms with Crippen molar-refractivity contribution in [3.8, 4) is 0 Å². The van der Waals surface area contributed by atoms with Gasteiger partial charge in [0.05, 0.1) is 78.3 Å². The average Bonchev–Trinajstić information content (AvgIpc) is 3.74. The molecule has 1 saturated heterocycles. The predicted octanol–water partition coefficient (Wildman–Crippen LogP) is 8.43. The van der Waals surface area contributed by atoms with E-state index in [-0.39, 0.29) is 78.8 Å². The van der Waals surface area contributed by atoms with E-state index >= 15 is 0 Å². The molecule has 0 bridgehead atoms. The molecule has 0 radical (unpaired) electrons. The van der Waals surface area contributed by atoms with E-state index in [4.69, 9.17) is 33.2 Å². The zero-order valence-electron chi connectivity index (χ0n) is 45.7. The maximum absolute atomic E-state index is 13.5. The van der Waals surface area contributed by atoms with Gasteiger partial charge in [0.1, 0.15) is 19.3 Å². The number of ether oxygens (including phenoxy) is 7. The molecule has 72 heavy (non-hydrogen) atoms. The van der Waals surface area contributed by atoms with Crippen LogP contribution in [0.5, 0.6) is 0 Å². The maximum atomic E-state index is 13.5. The first-order valence-corrected chi connectivity index (χ1v) is 27.8. The van der Waals surface area contributed by atoms with E-state index in [1.165, 1.54) is 14.7 Å². The Morgan fingerprint density at radius 1 is 0.403 bits per heavy atom. The van der Waals surface area contributed by atoms with Crippen LogP contribution in [0, 0.1) is 0 Å². The van der Waals surface area contributed by atoms with Crippen molar-refractivity contribution in [2.75, 3.05) is 106 Å². The van der Waals surface area contributed by atoms with Gasteiger partial charge in [-0.2, -0.15) is 0 Å². The first-order valence-electron chi connectivity index (χ1n) is 27.8. The second-order valence-corrected chi connectivity index (χ2v) is 19.5. The Balaban J connectivity index is 3.03. The van der Waals surface area contributed by atoms with Gasteiger partial charge in [0.2, 0.25) is 0 Å². The van der Waals surface area contributed by atoms with Crippen molar-refractivity contribution in [2.24, 2.45) is 0 Å². The van der Waals surface area contributed by atoms with E-state index in [9.17, 15) is 33.6 Å². The summed E-state index contributed by atoms with van der Waals surface area (Å²) in [6, 6.07) is -0.762. The third kappa shape index (κ3) is 36.8. The number of esters is 6. The van der Waals surface area contributed by atoms with E-state index in [0.717, 1.165) is 128 Å². The van der Waals surface area contributed by atoms with Crippen LogP contribution in [0.2, 0.25) is 0 Å². The lowest BCUT2D eigenvalue weighted by molar-refractivity contribution is -0.156. The minimum absolute atomic E-state index is 0.0731. The average molecular weight is 1030 g/mol. The Hall–Kier alpha value is -4.03. The lowest BCUT2D eigenvalue weighted by atomic mass is 10.1. The summed E-state index contributed by atoms with van der Waals surface area (Å²) in [6.45, 7) is 7.46. The molecule has 0 aliphatic carbocycles. The van der Waals surface area contributed by atoms with Crippen LogP contribution >= 0.6 is 0 Å². The molecular weight excluding hydrogens is 929 g/mol. The van der Waals surface area contributed by atoms with Crippen molar-refractivity contribution >= 4 is 41.9 Å². The van der Waals surface area contributed by atoms with E-state index in [0.29, 0.717) is 32.2 Å². The van der Waals surface area contributed by atoms with Crippen LogP contribution in [-0.2, 0) is 61.9 Å². The summed E-state index contributed by atoms with van der Waals surface area (Å²) in [5, 5.41) is 0. The van der Waals surface area contributed by atoms with Gasteiger partial charge in [-0.05, 0) is 39.8 Å². The molecule has 2 atom stereocenters. The second-order valence-electron chi connectivity index (χ2n) is 19.5. The van der Waals surface area contributed by atoms with Crippen molar-refractivity contribution in [3.05, 3.63) is 0 Å². The molecule has 1 aliphatic rings. The minimum atomic E-state index is -0.844. The van der Waals surface area contributed by atoms with Gasteiger partial charge in [-0.1, -0.05) is 156 Å². The summed E-state index contributed by atoms with van der Waals surface area (Å²) < 4.78 is 38.9. The highest BCUT2D eigenvalue weighted by Gasteiger charge is 2.39. The number of rotatable bonds is 46. The zero-order valence-corrected chi connectivity index (χ0v) is 45.7. The van der Waals surface area contributed by atoms with Crippen LogP contribution in [0.15, 0.2) is 0 Å². The third-order valence-electron chi connectivity index (χ3n) is 12.3. The first kappa shape index (κ1) is 66.0. The summed E-state index contributed by atoms with van der Waals surface area (Å²) in [4.78, 5) is 97.9. The molecule has 1 amide bonds. The van der Waals surface area contributed by atoms with Gasteiger partial charge in [-0.15, -0.1) is 0 Å². The number of carbonyl (C=O) groups is 7. The normalized spacial score (nSPS) is 14.4. The molecule has 0 aromatic heterocycles. The van der Waals surface area contributed by atoms with Crippen LogP contribution in [0.4, 0.5) is 4.79 Å². The Morgan fingerprint density at radius 2 is 0.722 bits per heavy atom. The molecule has 1 aliphatic heterocycles. The predicted molar refractivity (Wildman–Crippen MR) is 276 cm³/mol. The van der Waals surface area contributed by atoms with E-state index in [1.54, 1.807) is 0 Å². The summed E-state index contributed by atoms with van der Waals surface area (Å²) in [5.41, 5.74) is 0. The molecular formula is C54H98N4O14. The highest BCUT2D eigenvalue weighted by atomic mass is 16.6. The van der Waals surface area contributed by atoms with Crippen molar-refractivity contribution in [1.29, 1.82) is 0 Å². The minimum Gasteiger partial charge on any atom is -0.465 e. The fourth-order valence-electron chi connectivity index (χ4n) is 8.08. The monoisotopic (exact) mass is 1030 g/mol. The maximum Gasteiger partial charge on any atom is 0.410 e. The van der Waals surface area contributed by atoms with E-state index < -0.39 is 67.1 Å². The Bertz CT molecular complexity index is 1400. The number of nitrogens with zero attached hydrogens (tertiary/aromatic N) is 4. The number of likely N-dealkylation sites (N-methyl/N-ethyl adjacent to an activating group) is 1. The molecule has 1 heterocycles. The molecule has 0 spiro atoms. The quantitative estimate of drug-likeness (QED) is 0.0320. The number of unbranched alkanes of at least 4 members (excludes halogenated alkanes) is 20. The summed E-state index contributed by atoms with van der Waals surface area (Å²) in [6.07, 6.45) is 23.0. The van der Waals surface area contributed by atoms with E-state index in [1.807, 2.05) is 19.0 Å². The molecule has 0 N–H and O–H groups in total. The smallest absolute Gasteiger partial charge is 0.410 e. The summed E-state index contributed by atoms with van der Waals surface area (Å²) in [5.74, 6) is -3.83. The highest BCUT2D eigenvalue weighted by Crippen LogP contribution is 2.23. The fourth-order valence-corrected chi connectivity index (χ4v) is 8.08. The molecule has 0 aromatic rings. The number of hydrogen-bond acceptors (Lipinski definition) is 17. The zero-order chi connectivity index (χ0) is 53.0. The van der Waals surface area contributed by atoms with Gasteiger partial charge in [0, 0.05) is 13.0 Å². The SMILES string of the molecule is CCCCCCCCOC(=O)CN(CC(=O)OCCCCCCCC)CC(=O)OC[C@H]1C[C@H](OC(=O)CN(CC(=O)OCCCCCCCC)CC(=O)OCCCCCCCC)CN1C(=O)OCCN(C)C. The number of hydrogen-bond donors (Lipinski definition) is 0. The highest BCUT2D eigenvalue weighted by molar-refractivity contribution is 5.79. The molecule has 0 unspecified atom stereocenters. The second kappa shape index (κ2) is 44.5. The van der Waals surface area contributed by atoms with Crippen LogP contribution in [0.3, 0.4) is 0 Å². The molecule has 0 saturated carbocycles. The number of amides is 1. The fraction of sp³-hybridized carbons (Fsp3) is 0.870. The number of likely N-dealkylation sites (tertiary alicyclic amines) is 1. The largest absolute Gasteiger partial charge is 0.465 e. The van der Waals surface area contributed by atoms with Crippen molar-refractivity contribution < 1.29 is 66.7 Å². The third-order valence-corrected chi connectivity index (χ3v) is 12.3. The molecule has 1 fully saturated rings. The van der Waals surface area contributed by atoms with Crippen LogP contribution < -0.4 is 0 Å². The van der Waals surface area contributed by atoms with E-state index in [2.05, 4.69) is 27.7 Å². The van der Waals surface area contributed by atoms with Gasteiger partial charge in [-0.25, -0.2) is 4.79 Å². The van der Waals surface area contributed by atoms with Crippen molar-refractivity contribution in [3.63, 3.8) is 0 Å².